The third-order valence-corrected chi connectivity index (χ3v) is 3.46. The maximum Gasteiger partial charge on any atom is 0.259 e. The van der Waals surface area contributed by atoms with Crippen molar-refractivity contribution in [3.8, 4) is 5.75 Å². The molecule has 0 saturated heterocycles. The zero-order valence-corrected chi connectivity index (χ0v) is 13.0. The number of carbonyl (C=O) groups is 1. The van der Waals surface area contributed by atoms with Gasteiger partial charge in [0.1, 0.15) is 5.75 Å². The fourth-order valence-corrected chi connectivity index (χ4v) is 2.44. The highest BCUT2D eigenvalue weighted by atomic mass is 79.9. The van der Waals surface area contributed by atoms with Crippen molar-refractivity contribution in [2.24, 2.45) is 0 Å². The Labute approximate surface area is 127 Å². The molecule has 1 amide bonds. The number of rotatable bonds is 4. The van der Waals surface area contributed by atoms with Crippen LogP contribution in [0.1, 0.15) is 22.8 Å². The first kappa shape index (κ1) is 14.6. The van der Waals surface area contributed by atoms with Gasteiger partial charge in [-0.3, -0.25) is 4.79 Å². The van der Waals surface area contributed by atoms with Gasteiger partial charge in [-0.25, -0.2) is 0 Å². The summed E-state index contributed by atoms with van der Waals surface area (Å²) in [7, 11) is 0. The first-order valence-electron chi connectivity index (χ1n) is 6.41. The lowest BCUT2D eigenvalue weighted by molar-refractivity contribution is 0.102. The van der Waals surface area contributed by atoms with E-state index in [1.807, 2.05) is 44.2 Å². The van der Waals surface area contributed by atoms with Gasteiger partial charge in [0, 0.05) is 4.47 Å². The third-order valence-electron chi connectivity index (χ3n) is 2.80. The summed E-state index contributed by atoms with van der Waals surface area (Å²) in [6.07, 6.45) is 0. The number of carbonyl (C=O) groups excluding carboxylic acids is 1. The van der Waals surface area contributed by atoms with E-state index >= 15 is 0 Å². The molecular weight excluding hydrogens is 318 g/mol. The van der Waals surface area contributed by atoms with Crippen molar-refractivity contribution in [1.29, 1.82) is 0 Å². The Hall–Kier alpha value is -1.81. The second kappa shape index (κ2) is 6.57. The highest BCUT2D eigenvalue weighted by Crippen LogP contribution is 2.25. The topological polar surface area (TPSA) is 38.3 Å². The highest BCUT2D eigenvalue weighted by Gasteiger charge is 2.13. The van der Waals surface area contributed by atoms with Crippen molar-refractivity contribution < 1.29 is 9.53 Å². The number of ether oxygens (including phenoxy) is 1. The van der Waals surface area contributed by atoms with Crippen LogP contribution in [0.4, 0.5) is 5.69 Å². The zero-order valence-electron chi connectivity index (χ0n) is 11.4. The van der Waals surface area contributed by atoms with Gasteiger partial charge in [0.05, 0.1) is 17.9 Å². The monoisotopic (exact) mass is 333 g/mol. The Kier molecular flexibility index (Phi) is 4.79. The summed E-state index contributed by atoms with van der Waals surface area (Å²) < 4.78 is 6.33. The van der Waals surface area contributed by atoms with E-state index in [1.165, 1.54) is 0 Å². The first-order chi connectivity index (χ1) is 9.61. The minimum absolute atomic E-state index is 0.182. The van der Waals surface area contributed by atoms with Crippen molar-refractivity contribution in [2.75, 3.05) is 11.9 Å². The van der Waals surface area contributed by atoms with Crippen molar-refractivity contribution in [1.82, 2.24) is 0 Å². The second-order valence-electron chi connectivity index (χ2n) is 4.37. The van der Waals surface area contributed by atoms with E-state index in [9.17, 15) is 4.79 Å². The Morgan fingerprint density at radius 3 is 2.70 bits per heavy atom. The summed E-state index contributed by atoms with van der Waals surface area (Å²) in [5.41, 5.74) is 2.40. The average molecular weight is 334 g/mol. The molecule has 0 radical (unpaired) electrons. The minimum atomic E-state index is -0.182. The molecule has 4 heteroatoms. The highest BCUT2D eigenvalue weighted by molar-refractivity contribution is 9.10. The SMILES string of the molecule is CCOc1ccccc1C(=O)Nc1ccc(C)cc1Br. The van der Waals surface area contributed by atoms with Gasteiger partial charge >= 0.3 is 0 Å². The summed E-state index contributed by atoms with van der Waals surface area (Å²) in [5.74, 6) is 0.411. The van der Waals surface area contributed by atoms with Crippen LogP contribution in [-0.2, 0) is 0 Å². The number of anilines is 1. The van der Waals surface area contributed by atoms with Crippen LogP contribution in [0.25, 0.3) is 0 Å². The normalized spacial score (nSPS) is 10.2. The molecule has 0 heterocycles. The number of hydrogen-bond donors (Lipinski definition) is 1. The van der Waals surface area contributed by atoms with E-state index in [-0.39, 0.29) is 5.91 Å². The molecule has 0 atom stereocenters. The number of hydrogen-bond acceptors (Lipinski definition) is 2. The van der Waals surface area contributed by atoms with Crippen LogP contribution in [-0.4, -0.2) is 12.5 Å². The zero-order chi connectivity index (χ0) is 14.5. The fraction of sp³-hybridized carbons (Fsp3) is 0.188. The Balaban J connectivity index is 2.24. The number of para-hydroxylation sites is 1. The Bertz CT molecular complexity index is 626. The smallest absolute Gasteiger partial charge is 0.259 e. The van der Waals surface area contributed by atoms with E-state index < -0.39 is 0 Å². The summed E-state index contributed by atoms with van der Waals surface area (Å²) >= 11 is 3.45. The van der Waals surface area contributed by atoms with Crippen LogP contribution in [0.3, 0.4) is 0 Å². The molecular formula is C16H16BrNO2. The van der Waals surface area contributed by atoms with Gasteiger partial charge in [-0.1, -0.05) is 18.2 Å². The fourth-order valence-electron chi connectivity index (χ4n) is 1.85. The lowest BCUT2D eigenvalue weighted by atomic mass is 10.1. The van der Waals surface area contributed by atoms with Crippen molar-refractivity contribution in [3.63, 3.8) is 0 Å². The number of benzene rings is 2. The maximum atomic E-state index is 12.3. The molecule has 0 aromatic heterocycles. The first-order valence-corrected chi connectivity index (χ1v) is 7.20. The summed E-state index contributed by atoms with van der Waals surface area (Å²) in [6, 6.07) is 13.0. The van der Waals surface area contributed by atoms with Gasteiger partial charge in [0.15, 0.2) is 0 Å². The molecule has 104 valence electrons. The quantitative estimate of drug-likeness (QED) is 0.899. The van der Waals surface area contributed by atoms with Gasteiger partial charge in [-0.2, -0.15) is 0 Å². The lowest BCUT2D eigenvalue weighted by Gasteiger charge is -2.11. The van der Waals surface area contributed by atoms with Crippen LogP contribution < -0.4 is 10.1 Å². The van der Waals surface area contributed by atoms with Gasteiger partial charge in [0.2, 0.25) is 0 Å². The molecule has 0 aliphatic carbocycles. The minimum Gasteiger partial charge on any atom is -0.493 e. The molecule has 0 aliphatic heterocycles. The third kappa shape index (κ3) is 3.39. The van der Waals surface area contributed by atoms with E-state index in [2.05, 4.69) is 21.2 Å². The van der Waals surface area contributed by atoms with Crippen molar-refractivity contribution in [2.45, 2.75) is 13.8 Å². The Morgan fingerprint density at radius 2 is 2.00 bits per heavy atom. The molecule has 0 fully saturated rings. The molecule has 3 nitrogen and oxygen atoms in total. The van der Waals surface area contributed by atoms with Crippen LogP contribution in [0.2, 0.25) is 0 Å². The molecule has 20 heavy (non-hydrogen) atoms. The summed E-state index contributed by atoms with van der Waals surface area (Å²) in [6.45, 7) is 4.42. The molecule has 2 rings (SSSR count). The number of amides is 1. The lowest BCUT2D eigenvalue weighted by Crippen LogP contribution is -2.14. The molecule has 0 bridgehead atoms. The number of halogens is 1. The van der Waals surface area contributed by atoms with Crippen LogP contribution >= 0.6 is 15.9 Å². The molecule has 0 unspecified atom stereocenters. The predicted molar refractivity (Wildman–Crippen MR) is 84.4 cm³/mol. The van der Waals surface area contributed by atoms with Gasteiger partial charge in [-0.05, 0) is 59.6 Å². The van der Waals surface area contributed by atoms with E-state index in [1.54, 1.807) is 12.1 Å². The van der Waals surface area contributed by atoms with Gasteiger partial charge < -0.3 is 10.1 Å². The molecule has 2 aromatic rings. The largest absolute Gasteiger partial charge is 0.493 e. The van der Waals surface area contributed by atoms with Gasteiger partial charge in [0.25, 0.3) is 5.91 Å². The standard InChI is InChI=1S/C16H16BrNO2/c1-3-20-15-7-5-4-6-12(15)16(19)18-14-9-8-11(2)10-13(14)17/h4-10H,3H2,1-2H3,(H,18,19). The molecule has 2 aromatic carbocycles. The van der Waals surface area contributed by atoms with Gasteiger partial charge in [-0.15, -0.1) is 0 Å². The summed E-state index contributed by atoms with van der Waals surface area (Å²) in [4.78, 5) is 12.3. The van der Waals surface area contributed by atoms with Crippen LogP contribution in [0.5, 0.6) is 5.75 Å². The van der Waals surface area contributed by atoms with Crippen LogP contribution in [0.15, 0.2) is 46.9 Å². The second-order valence-corrected chi connectivity index (χ2v) is 5.22. The maximum absolute atomic E-state index is 12.3. The molecule has 1 N–H and O–H groups in total. The summed E-state index contributed by atoms with van der Waals surface area (Å²) in [5, 5.41) is 2.89. The average Bonchev–Trinajstić information content (AvgIpc) is 2.43. The van der Waals surface area contributed by atoms with Crippen LogP contribution in [0, 0.1) is 6.92 Å². The number of nitrogens with one attached hydrogen (secondary N) is 1. The van der Waals surface area contributed by atoms with E-state index in [4.69, 9.17) is 4.74 Å². The molecule has 0 spiro atoms. The van der Waals surface area contributed by atoms with E-state index in [0.29, 0.717) is 17.9 Å². The van der Waals surface area contributed by atoms with Crippen molar-refractivity contribution in [3.05, 3.63) is 58.1 Å². The predicted octanol–water partition coefficient (Wildman–Crippen LogP) is 4.41. The molecule has 0 saturated carbocycles. The van der Waals surface area contributed by atoms with E-state index in [0.717, 1.165) is 15.7 Å². The molecule has 0 aliphatic rings. The van der Waals surface area contributed by atoms with Crippen molar-refractivity contribution >= 4 is 27.5 Å². The number of aryl methyl sites for hydroxylation is 1. The Morgan fingerprint density at radius 1 is 1.25 bits per heavy atom.